The molecule has 2 N–H and O–H groups in total. The summed E-state index contributed by atoms with van der Waals surface area (Å²) < 4.78 is 30.6. The Kier molecular flexibility index (Phi) is 7.04. The van der Waals surface area contributed by atoms with Gasteiger partial charge in [-0.15, -0.1) is 0 Å². The molecule has 0 fully saturated rings. The summed E-state index contributed by atoms with van der Waals surface area (Å²) in [5, 5.41) is 8.58. The van der Waals surface area contributed by atoms with E-state index in [1.807, 2.05) is 31.2 Å². The molecule has 0 aliphatic heterocycles. The first-order valence-corrected chi connectivity index (χ1v) is 8.45. The zero-order chi connectivity index (χ0) is 15.9. The van der Waals surface area contributed by atoms with Gasteiger partial charge in [-0.25, -0.2) is 0 Å². The molecule has 0 spiro atoms. The summed E-state index contributed by atoms with van der Waals surface area (Å²) in [5.41, 5.74) is 2.13. The van der Waals surface area contributed by atoms with Crippen LogP contribution in [0.25, 0.3) is 0 Å². The third-order valence-corrected chi connectivity index (χ3v) is 4.03. The number of halogens is 1. The topological polar surface area (TPSA) is 74.6 Å². The van der Waals surface area contributed by atoms with Crippen LogP contribution in [0, 0.1) is 6.92 Å². The second kappa shape index (κ2) is 8.29. The van der Waals surface area contributed by atoms with Gasteiger partial charge in [0.2, 0.25) is 0 Å². The van der Waals surface area contributed by atoms with Crippen LogP contribution in [0.1, 0.15) is 11.1 Å². The van der Waals surface area contributed by atoms with Crippen molar-refractivity contribution < 1.29 is 18.1 Å². The first kappa shape index (κ1) is 17.8. The molecule has 114 valence electrons. The monoisotopic (exact) mass is 372 g/mol. The summed E-state index contributed by atoms with van der Waals surface area (Å²) in [5.74, 6) is 0. The Morgan fingerprint density at radius 3 is 1.95 bits per heavy atom. The van der Waals surface area contributed by atoms with Gasteiger partial charge in [0.15, 0.2) is 0 Å². The molecule has 0 saturated carbocycles. The summed E-state index contributed by atoms with van der Waals surface area (Å²) >= 11 is 3.33. The second-order valence-corrected chi connectivity index (χ2v) is 6.73. The van der Waals surface area contributed by atoms with Crippen LogP contribution < -0.4 is 0 Å². The van der Waals surface area contributed by atoms with Gasteiger partial charge in [0, 0.05) is 11.1 Å². The third-order valence-electron chi connectivity index (χ3n) is 2.63. The first-order chi connectivity index (χ1) is 9.82. The van der Waals surface area contributed by atoms with Crippen molar-refractivity contribution in [2.24, 2.45) is 0 Å². The minimum Gasteiger partial charge on any atom is -0.396 e. The second-order valence-electron chi connectivity index (χ2n) is 4.39. The van der Waals surface area contributed by atoms with Crippen molar-refractivity contribution in [1.29, 1.82) is 0 Å². The molecule has 0 bridgehead atoms. The first-order valence-electron chi connectivity index (χ1n) is 6.22. The fourth-order valence-electron chi connectivity index (χ4n) is 1.49. The van der Waals surface area contributed by atoms with E-state index in [1.54, 1.807) is 12.1 Å². The zero-order valence-electron chi connectivity index (χ0n) is 11.5. The van der Waals surface area contributed by atoms with Gasteiger partial charge in [-0.2, -0.15) is 8.42 Å². The molecule has 0 amide bonds. The van der Waals surface area contributed by atoms with Crippen LogP contribution in [0.3, 0.4) is 0 Å². The maximum Gasteiger partial charge on any atom is 0.294 e. The van der Waals surface area contributed by atoms with Crippen LogP contribution in [0.5, 0.6) is 0 Å². The summed E-state index contributed by atoms with van der Waals surface area (Å²) in [6, 6.07) is 13.9. The quantitative estimate of drug-likeness (QED) is 0.811. The van der Waals surface area contributed by atoms with E-state index in [9.17, 15) is 8.42 Å². The van der Waals surface area contributed by atoms with Crippen molar-refractivity contribution >= 4 is 26.0 Å². The minimum absolute atomic E-state index is 0.0666. The number of aliphatic hydroxyl groups excluding tert-OH is 1. The Hall–Kier alpha value is -1.21. The molecule has 2 aromatic carbocycles. The molecule has 0 saturated heterocycles. The van der Waals surface area contributed by atoms with Crippen molar-refractivity contribution in [2.45, 2.75) is 18.2 Å². The van der Waals surface area contributed by atoms with Crippen molar-refractivity contribution in [3.05, 3.63) is 64.1 Å². The normalized spacial score (nSPS) is 10.7. The molecule has 0 aliphatic carbocycles. The molecule has 0 heterocycles. The van der Waals surface area contributed by atoms with E-state index in [1.165, 1.54) is 17.7 Å². The Morgan fingerprint density at radius 2 is 1.52 bits per heavy atom. The number of aryl methyl sites for hydroxylation is 1. The minimum atomic E-state index is -4.02. The van der Waals surface area contributed by atoms with E-state index in [2.05, 4.69) is 15.9 Å². The highest BCUT2D eigenvalue weighted by Gasteiger charge is 2.06. The number of rotatable bonds is 3. The standard InChI is InChI=1S/C8H9BrO.C7H8O3S/c9-8-3-1-7(2-4-8)5-6-10;1-6-2-4-7(5-3-6)11(8,9)10/h1-4,10H,5-6H2;2-5H,1H3,(H,8,9,10). The van der Waals surface area contributed by atoms with E-state index >= 15 is 0 Å². The summed E-state index contributed by atoms with van der Waals surface area (Å²) in [6.45, 7) is 2.06. The van der Waals surface area contributed by atoms with Crippen LogP contribution in [0.15, 0.2) is 57.9 Å². The highest BCUT2D eigenvalue weighted by molar-refractivity contribution is 9.10. The lowest BCUT2D eigenvalue weighted by Gasteiger charge is -1.96. The lowest BCUT2D eigenvalue weighted by Crippen LogP contribution is -1.96. The van der Waals surface area contributed by atoms with Crippen LogP contribution in [-0.4, -0.2) is 24.7 Å². The number of hydrogen-bond donors (Lipinski definition) is 2. The fraction of sp³-hybridized carbons (Fsp3) is 0.200. The molecule has 4 nitrogen and oxygen atoms in total. The van der Waals surface area contributed by atoms with E-state index in [4.69, 9.17) is 9.66 Å². The lowest BCUT2D eigenvalue weighted by molar-refractivity contribution is 0.299. The third kappa shape index (κ3) is 6.86. The van der Waals surface area contributed by atoms with E-state index in [0.29, 0.717) is 0 Å². The molecule has 0 aliphatic rings. The molecule has 0 aromatic heterocycles. The number of aliphatic hydroxyl groups is 1. The highest BCUT2D eigenvalue weighted by atomic mass is 79.9. The number of benzene rings is 2. The van der Waals surface area contributed by atoms with Crippen LogP contribution in [0.2, 0.25) is 0 Å². The maximum absolute atomic E-state index is 10.5. The predicted molar refractivity (Wildman–Crippen MR) is 85.9 cm³/mol. The Balaban J connectivity index is 0.000000211. The summed E-state index contributed by atoms with van der Waals surface area (Å²) in [7, 11) is -4.02. The summed E-state index contributed by atoms with van der Waals surface area (Å²) in [4.78, 5) is -0.0666. The van der Waals surface area contributed by atoms with Crippen molar-refractivity contribution in [3.63, 3.8) is 0 Å². The zero-order valence-corrected chi connectivity index (χ0v) is 13.9. The molecule has 2 aromatic rings. The van der Waals surface area contributed by atoms with E-state index in [0.717, 1.165) is 16.5 Å². The average molecular weight is 373 g/mol. The predicted octanol–water partition coefficient (Wildman–Crippen LogP) is 3.23. The van der Waals surface area contributed by atoms with Gasteiger partial charge >= 0.3 is 0 Å². The van der Waals surface area contributed by atoms with Crippen molar-refractivity contribution in [2.75, 3.05) is 6.61 Å². The number of hydrogen-bond acceptors (Lipinski definition) is 3. The Morgan fingerprint density at radius 1 is 1.00 bits per heavy atom. The highest BCUT2D eigenvalue weighted by Crippen LogP contribution is 2.10. The molecule has 2 rings (SSSR count). The molecule has 0 atom stereocenters. The Labute approximate surface area is 133 Å². The van der Waals surface area contributed by atoms with Crippen LogP contribution in [0.4, 0.5) is 0 Å². The SMILES string of the molecule is Cc1ccc(S(=O)(=O)O)cc1.OCCc1ccc(Br)cc1. The van der Waals surface area contributed by atoms with Gasteiger partial charge < -0.3 is 5.11 Å². The molecule has 0 unspecified atom stereocenters. The molecule has 6 heteroatoms. The largest absolute Gasteiger partial charge is 0.396 e. The van der Waals surface area contributed by atoms with Gasteiger partial charge in [-0.1, -0.05) is 45.8 Å². The van der Waals surface area contributed by atoms with Gasteiger partial charge in [0.1, 0.15) is 0 Å². The fourth-order valence-corrected chi connectivity index (χ4v) is 2.23. The van der Waals surface area contributed by atoms with Gasteiger partial charge in [0.05, 0.1) is 4.90 Å². The van der Waals surface area contributed by atoms with Gasteiger partial charge in [-0.05, 0) is 43.2 Å². The van der Waals surface area contributed by atoms with Crippen LogP contribution in [-0.2, 0) is 16.5 Å². The average Bonchev–Trinajstić information content (AvgIpc) is 2.42. The smallest absolute Gasteiger partial charge is 0.294 e. The lowest BCUT2D eigenvalue weighted by atomic mass is 10.2. The van der Waals surface area contributed by atoms with Crippen molar-refractivity contribution in [3.8, 4) is 0 Å². The van der Waals surface area contributed by atoms with Gasteiger partial charge in [0.25, 0.3) is 10.1 Å². The molecular weight excluding hydrogens is 356 g/mol. The van der Waals surface area contributed by atoms with Gasteiger partial charge in [-0.3, -0.25) is 4.55 Å². The molecular formula is C15H17BrO4S. The van der Waals surface area contributed by atoms with E-state index in [-0.39, 0.29) is 11.5 Å². The van der Waals surface area contributed by atoms with E-state index < -0.39 is 10.1 Å². The van der Waals surface area contributed by atoms with Crippen LogP contribution >= 0.6 is 15.9 Å². The maximum atomic E-state index is 10.5. The molecule has 0 radical (unpaired) electrons. The Bertz CT molecular complexity index is 649. The van der Waals surface area contributed by atoms with Crippen molar-refractivity contribution in [1.82, 2.24) is 0 Å². The molecule has 21 heavy (non-hydrogen) atoms. The summed E-state index contributed by atoms with van der Waals surface area (Å²) in [6.07, 6.45) is 0.743.